The number of hydrogen-bond acceptors (Lipinski definition) is 49. The fraction of sp³-hybridized carbons (Fsp3) is 0.817. The van der Waals surface area contributed by atoms with Crippen LogP contribution in [0.15, 0.2) is 0 Å². The van der Waals surface area contributed by atoms with Gasteiger partial charge in [-0.15, -0.1) is 0 Å². The summed E-state index contributed by atoms with van der Waals surface area (Å²) in [6, 6.07) is 0.516. The Balaban J connectivity index is 1.79. The molecule has 0 amide bonds. The molecule has 49 nitrogen and oxygen atoms in total. The molecule has 0 saturated carbocycles. The summed E-state index contributed by atoms with van der Waals surface area (Å²) in [7, 11) is 0.216. The van der Waals surface area contributed by atoms with Crippen LogP contribution < -0.4 is 167 Å². The molecule has 0 radical (unpaired) electrons. The first-order valence-electron chi connectivity index (χ1n) is 48.6. The number of hydrogen-bond donors (Lipinski definition) is 21. The van der Waals surface area contributed by atoms with Crippen LogP contribution in [0.2, 0.25) is 6.04 Å². The average molecular weight is 1880 g/mol. The van der Waals surface area contributed by atoms with Gasteiger partial charge >= 0.3 is 8.80 Å². The molecule has 5 rings (SSSR count). The second-order valence-corrected chi connectivity index (χ2v) is 35.1. The first kappa shape index (κ1) is 114. The Labute approximate surface area is 786 Å². The van der Waals surface area contributed by atoms with Gasteiger partial charge in [0, 0.05) is 190 Å². The smallest absolute Gasteiger partial charge is 0.377 e. The lowest BCUT2D eigenvalue weighted by Gasteiger charge is -2.28. The van der Waals surface area contributed by atoms with Gasteiger partial charge in [0.15, 0.2) is 0 Å². The number of nitrogens with one attached hydrogen (secondary N) is 5. The average Bonchev–Trinajstić information content (AvgIpc) is 0.827. The molecule has 0 aliphatic heterocycles. The molecule has 132 heavy (non-hydrogen) atoms. The van der Waals surface area contributed by atoms with E-state index in [0.717, 1.165) is 103 Å². The van der Waals surface area contributed by atoms with Gasteiger partial charge in [-0.05, 0) is 246 Å². The van der Waals surface area contributed by atoms with Crippen molar-refractivity contribution < 1.29 is 13.3 Å². The predicted molar refractivity (Wildman–Crippen MR) is 542 cm³/mol. The molecular weight excluding hydrogens is 1710 g/mol. The SMILES string of the molecule is CCO[Si](CCCNc1nc(N(CCCNc2nc(N(CCCN)CCCN)nc(N(CCCN)CCCN)n2)CCCNc2nc(N(CCCN)CCCN)nc(N(CCCN)CCCN)n2)nc(N(CCCNc2nc(N(CCCN)CCCN)nc(N(CCCN)CCCN)n2)CCCNc2nc(N(CCCN)CCCN)nc(N(CCCN)CCCN)n2)n1)(OC)OC. The maximum absolute atomic E-state index is 6.20. The molecule has 0 unspecified atom stereocenters. The van der Waals surface area contributed by atoms with Gasteiger partial charge in [-0.3, -0.25) is 0 Å². The van der Waals surface area contributed by atoms with Crippen LogP contribution in [0.5, 0.6) is 0 Å². The van der Waals surface area contributed by atoms with Crippen LogP contribution in [-0.4, -0.2) is 373 Å². The van der Waals surface area contributed by atoms with Gasteiger partial charge in [0.25, 0.3) is 0 Å². The molecule has 37 N–H and O–H groups in total. The highest BCUT2D eigenvalue weighted by Gasteiger charge is 2.38. The molecule has 0 aliphatic carbocycles. The lowest BCUT2D eigenvalue weighted by molar-refractivity contribution is 0.103. The van der Waals surface area contributed by atoms with Crippen molar-refractivity contribution in [1.29, 1.82) is 0 Å². The Kier molecular flexibility index (Phi) is 61.4. The van der Waals surface area contributed by atoms with Gasteiger partial charge in [0.05, 0.1) is 0 Å². The number of rotatable bonds is 87. The summed E-state index contributed by atoms with van der Waals surface area (Å²) in [5.74, 6) is 6.95. The van der Waals surface area contributed by atoms with Crippen LogP contribution in [-0.2, 0) is 13.3 Å². The molecule has 0 aromatic carbocycles. The van der Waals surface area contributed by atoms with Crippen molar-refractivity contribution in [1.82, 2.24) is 74.8 Å². The summed E-state index contributed by atoms with van der Waals surface area (Å²) in [5, 5.41) is 18.1. The summed E-state index contributed by atoms with van der Waals surface area (Å²) in [6.45, 7) is 24.0. The van der Waals surface area contributed by atoms with Crippen LogP contribution in [0.4, 0.5) is 89.2 Å². The number of aromatic nitrogens is 15. The maximum Gasteiger partial charge on any atom is 0.500 e. The van der Waals surface area contributed by atoms with Crippen molar-refractivity contribution in [3.8, 4) is 0 Å². The zero-order chi connectivity index (χ0) is 95.5. The lowest BCUT2D eigenvalue weighted by Crippen LogP contribution is -2.44. The van der Waals surface area contributed by atoms with Crippen molar-refractivity contribution in [2.75, 3.05) is 365 Å². The monoisotopic (exact) mass is 1880 g/mol. The molecule has 5 aromatic heterocycles. The fourth-order valence-electron chi connectivity index (χ4n) is 14.3. The minimum Gasteiger partial charge on any atom is -0.377 e. The van der Waals surface area contributed by atoms with Crippen LogP contribution in [0.3, 0.4) is 0 Å². The summed E-state index contributed by atoms with van der Waals surface area (Å²) < 4.78 is 18.2. The third kappa shape index (κ3) is 43.5. The quantitative estimate of drug-likeness (QED) is 0.0139. The first-order valence-corrected chi connectivity index (χ1v) is 50.5. The van der Waals surface area contributed by atoms with E-state index in [0.29, 0.717) is 402 Å². The molecule has 0 spiro atoms. The zero-order valence-electron chi connectivity index (χ0n) is 80.4. The second kappa shape index (κ2) is 71.1. The molecule has 0 aliphatic rings. The van der Waals surface area contributed by atoms with E-state index < -0.39 is 8.80 Å². The highest BCUT2D eigenvalue weighted by Crippen LogP contribution is 2.27. The molecule has 754 valence electrons. The van der Waals surface area contributed by atoms with Crippen molar-refractivity contribution in [3.63, 3.8) is 0 Å². The number of nitrogens with zero attached hydrogens (tertiary/aromatic N) is 25. The molecule has 5 aromatic rings. The predicted octanol–water partition coefficient (Wildman–Crippen LogP) is -2.66. The molecule has 0 bridgehead atoms. The first-order chi connectivity index (χ1) is 64.6. The van der Waals surface area contributed by atoms with Gasteiger partial charge in [-0.25, -0.2) is 0 Å². The zero-order valence-corrected chi connectivity index (χ0v) is 81.4. The van der Waals surface area contributed by atoms with E-state index >= 15 is 0 Å². The molecule has 5 heterocycles. The van der Waals surface area contributed by atoms with Crippen LogP contribution in [0, 0.1) is 0 Å². The summed E-state index contributed by atoms with van der Waals surface area (Å²) in [6.07, 6.45) is 14.3. The van der Waals surface area contributed by atoms with Crippen molar-refractivity contribution in [3.05, 3.63) is 0 Å². The minimum atomic E-state index is -3.05. The molecular formula is C82H174N46O3Si. The van der Waals surface area contributed by atoms with Crippen molar-refractivity contribution >= 4 is 98.0 Å². The number of nitrogens with two attached hydrogens (primary N) is 16. The standard InChI is InChI=1S/C82H174N46O3Si/c1-4-131-132(129-2,130-3)67-25-46-103-72-112-81(127(63-21-42-99-68-104-73(119(47-5-26-83)48-6-27-84)114-74(105-68)120(49-7-28-85)50-8-29-86)64-22-43-100-69-106-75(121(51-9-30-87)52-10-31-88)115-76(107-69)122(53-11-32-89)54-12-33-90)118-82(113-72)128(65-23-44-101-70-108-77(123(55-13-34-91)56-14-35-92)116-78(109-70)124(57-15-36-93)58-16-37-94)66-24-45-102-71-110-79(125(59-17-38-95)60-18-39-96)117-80(111-71)126(61-19-40-97)62-20-41-98/h4-67,83-98H2,1-3H3,(H,99,104,105,114)(H,100,106,107,115)(H,101,108,109,116)(H,102,110,111,117)(H,103,112,113,118). The highest BCUT2D eigenvalue weighted by atomic mass is 28.4. The molecule has 50 heteroatoms. The Morgan fingerprint density at radius 3 is 0.447 bits per heavy atom. The van der Waals surface area contributed by atoms with E-state index in [1.807, 2.05) is 6.92 Å². The van der Waals surface area contributed by atoms with Gasteiger partial charge in [-0.2, -0.15) is 74.8 Å². The summed E-state index contributed by atoms with van der Waals surface area (Å²) >= 11 is 0. The van der Waals surface area contributed by atoms with Gasteiger partial charge in [-0.1, -0.05) is 0 Å². The topological polar surface area (TPSA) is 730 Å². The summed E-state index contributed by atoms with van der Waals surface area (Å²) in [4.78, 5) is 99.0. The third-order valence-corrected chi connectivity index (χ3v) is 24.4. The molecule has 0 saturated heterocycles. The Morgan fingerprint density at radius 1 is 0.197 bits per heavy atom. The second-order valence-electron chi connectivity index (χ2n) is 32.1. The fourth-order valence-corrected chi connectivity index (χ4v) is 16.3. The Bertz CT molecular complexity index is 3070. The minimum absolute atomic E-state index is 0.345. The Hall–Kier alpha value is -8.49. The van der Waals surface area contributed by atoms with E-state index in [9.17, 15) is 0 Å². The highest BCUT2D eigenvalue weighted by molar-refractivity contribution is 6.60. The van der Waals surface area contributed by atoms with E-state index in [2.05, 4.69) is 75.6 Å². The normalized spacial score (nSPS) is 11.5. The van der Waals surface area contributed by atoms with Crippen LogP contribution >= 0.6 is 0 Å². The third-order valence-electron chi connectivity index (χ3n) is 21.5. The van der Waals surface area contributed by atoms with E-state index in [-0.39, 0.29) is 0 Å². The number of anilines is 15. The molecule has 0 atom stereocenters. The van der Waals surface area contributed by atoms with Crippen molar-refractivity contribution in [2.24, 2.45) is 91.7 Å². The Morgan fingerprint density at radius 2 is 0.326 bits per heavy atom. The summed E-state index contributed by atoms with van der Waals surface area (Å²) in [5.41, 5.74) is 98.4. The van der Waals surface area contributed by atoms with Crippen LogP contribution in [0.1, 0.15) is 142 Å². The van der Waals surface area contributed by atoms with E-state index in [4.69, 9.17) is 180 Å². The van der Waals surface area contributed by atoms with Gasteiger partial charge in [0.1, 0.15) is 0 Å². The van der Waals surface area contributed by atoms with Gasteiger partial charge in [0.2, 0.25) is 89.2 Å². The molecule has 0 fully saturated rings. The van der Waals surface area contributed by atoms with Gasteiger partial charge < -0.3 is 181 Å². The van der Waals surface area contributed by atoms with E-state index in [1.165, 1.54) is 0 Å². The maximum atomic E-state index is 6.20. The van der Waals surface area contributed by atoms with Crippen molar-refractivity contribution in [2.45, 2.75) is 148 Å². The largest absolute Gasteiger partial charge is 0.500 e. The van der Waals surface area contributed by atoms with Crippen LogP contribution in [0.25, 0.3) is 0 Å². The lowest BCUT2D eigenvalue weighted by atomic mass is 10.3. The van der Waals surface area contributed by atoms with E-state index in [1.54, 1.807) is 14.2 Å².